The van der Waals surface area contributed by atoms with Gasteiger partial charge in [0.2, 0.25) is 0 Å². The lowest BCUT2D eigenvalue weighted by molar-refractivity contribution is -0.153. The molecule has 4 unspecified atom stereocenters. The van der Waals surface area contributed by atoms with E-state index in [-0.39, 0.29) is 17.8 Å². The summed E-state index contributed by atoms with van der Waals surface area (Å²) in [6.07, 6.45) is 6.42. The van der Waals surface area contributed by atoms with E-state index in [2.05, 4.69) is 10.2 Å². The number of para-hydroxylation sites is 1. The predicted molar refractivity (Wildman–Crippen MR) is 132 cm³/mol. The van der Waals surface area contributed by atoms with Gasteiger partial charge < -0.3 is 24.8 Å². The number of aliphatic hydroxyl groups is 1. The summed E-state index contributed by atoms with van der Waals surface area (Å²) in [6, 6.07) is 9.20. The number of carbonyl (C=O) groups excluding carboxylic acids is 2. The van der Waals surface area contributed by atoms with Gasteiger partial charge in [0.1, 0.15) is 5.75 Å². The average molecular weight is 475 g/mol. The summed E-state index contributed by atoms with van der Waals surface area (Å²) < 4.78 is 11.1. The zero-order valence-electron chi connectivity index (χ0n) is 21.0. The Bertz CT molecular complexity index is 778. The molecule has 7 heteroatoms. The molecule has 0 heterocycles. The van der Waals surface area contributed by atoms with Crippen LogP contribution in [-0.2, 0) is 9.53 Å². The molecule has 190 valence electrons. The quantitative estimate of drug-likeness (QED) is 0.411. The number of nitrogens with one attached hydrogen (secondary N) is 1. The SMILES string of the molecule is CCOC(=O)NCC1(C(C(=O)Oc2ccccc2)C2CCCC(O)C2CN(C)C)CCCCC1. The van der Waals surface area contributed by atoms with Gasteiger partial charge in [-0.05, 0) is 64.8 Å². The van der Waals surface area contributed by atoms with Crippen LogP contribution in [0.25, 0.3) is 0 Å². The molecule has 1 aromatic rings. The van der Waals surface area contributed by atoms with Crippen LogP contribution in [0.15, 0.2) is 30.3 Å². The van der Waals surface area contributed by atoms with Crippen molar-refractivity contribution >= 4 is 12.1 Å². The van der Waals surface area contributed by atoms with E-state index in [1.54, 1.807) is 19.1 Å². The highest BCUT2D eigenvalue weighted by Gasteiger charge is 2.52. The number of amides is 1. The lowest BCUT2D eigenvalue weighted by Gasteiger charge is -2.49. The molecule has 1 aromatic carbocycles. The number of hydrogen-bond acceptors (Lipinski definition) is 6. The molecule has 2 aliphatic carbocycles. The first-order valence-corrected chi connectivity index (χ1v) is 12.9. The minimum atomic E-state index is -0.452. The Labute approximate surface area is 204 Å². The van der Waals surface area contributed by atoms with Gasteiger partial charge in [-0.15, -0.1) is 0 Å². The van der Waals surface area contributed by atoms with E-state index >= 15 is 0 Å². The lowest BCUT2D eigenvalue weighted by atomic mass is 9.57. The fourth-order valence-electron chi connectivity index (χ4n) is 6.20. The van der Waals surface area contributed by atoms with Crippen LogP contribution < -0.4 is 10.1 Å². The van der Waals surface area contributed by atoms with Crippen molar-refractivity contribution in [2.45, 2.75) is 64.4 Å². The van der Waals surface area contributed by atoms with E-state index in [4.69, 9.17) is 9.47 Å². The monoisotopic (exact) mass is 474 g/mol. The van der Waals surface area contributed by atoms with Crippen LogP contribution in [0.4, 0.5) is 4.79 Å². The van der Waals surface area contributed by atoms with Gasteiger partial charge in [0, 0.05) is 24.4 Å². The molecular formula is C27H42N2O5. The fraction of sp³-hybridized carbons (Fsp3) is 0.704. The molecule has 0 radical (unpaired) electrons. The van der Waals surface area contributed by atoms with Gasteiger partial charge >= 0.3 is 12.1 Å². The van der Waals surface area contributed by atoms with E-state index in [1.165, 1.54) is 0 Å². The van der Waals surface area contributed by atoms with Crippen LogP contribution in [0.2, 0.25) is 0 Å². The van der Waals surface area contributed by atoms with Crippen molar-refractivity contribution in [3.8, 4) is 5.75 Å². The molecule has 7 nitrogen and oxygen atoms in total. The molecular weight excluding hydrogens is 432 g/mol. The van der Waals surface area contributed by atoms with E-state index in [0.29, 0.717) is 25.4 Å². The Morgan fingerprint density at radius 3 is 2.47 bits per heavy atom. The minimum Gasteiger partial charge on any atom is -0.450 e. The maximum absolute atomic E-state index is 14.0. The van der Waals surface area contributed by atoms with Crippen LogP contribution in [-0.4, -0.2) is 62.0 Å². The predicted octanol–water partition coefficient (Wildman–Crippen LogP) is 4.24. The number of carbonyl (C=O) groups is 2. The number of ether oxygens (including phenoxy) is 2. The Morgan fingerprint density at radius 2 is 1.82 bits per heavy atom. The molecule has 0 saturated heterocycles. The van der Waals surface area contributed by atoms with Gasteiger partial charge in [-0.25, -0.2) is 4.79 Å². The Hall–Kier alpha value is -2.12. The minimum absolute atomic E-state index is 0.0237. The third-order valence-electron chi connectivity index (χ3n) is 7.67. The van der Waals surface area contributed by atoms with E-state index < -0.39 is 23.5 Å². The van der Waals surface area contributed by atoms with Crippen LogP contribution in [0.3, 0.4) is 0 Å². The smallest absolute Gasteiger partial charge is 0.407 e. The van der Waals surface area contributed by atoms with Crippen LogP contribution in [0.1, 0.15) is 58.3 Å². The van der Waals surface area contributed by atoms with Crippen molar-refractivity contribution in [2.24, 2.45) is 23.2 Å². The van der Waals surface area contributed by atoms with Crippen molar-refractivity contribution in [2.75, 3.05) is 33.8 Å². The highest BCUT2D eigenvalue weighted by atomic mass is 16.5. The Balaban J connectivity index is 1.98. The molecule has 4 atom stereocenters. The Morgan fingerprint density at radius 1 is 1.12 bits per heavy atom. The van der Waals surface area contributed by atoms with Gasteiger partial charge in [0.25, 0.3) is 0 Å². The largest absolute Gasteiger partial charge is 0.450 e. The second kappa shape index (κ2) is 12.5. The second-order valence-corrected chi connectivity index (χ2v) is 10.3. The first kappa shape index (κ1) is 26.5. The number of alkyl carbamates (subject to hydrolysis) is 1. The molecule has 0 aliphatic heterocycles. The fourth-order valence-corrected chi connectivity index (χ4v) is 6.20. The van der Waals surface area contributed by atoms with Crippen molar-refractivity contribution in [1.82, 2.24) is 10.2 Å². The number of aliphatic hydroxyl groups excluding tert-OH is 1. The maximum atomic E-state index is 14.0. The zero-order valence-corrected chi connectivity index (χ0v) is 21.0. The van der Waals surface area contributed by atoms with Gasteiger partial charge in [0.05, 0.1) is 18.6 Å². The highest BCUT2D eigenvalue weighted by Crippen LogP contribution is 2.50. The maximum Gasteiger partial charge on any atom is 0.407 e. The number of nitrogens with zero attached hydrogens (tertiary/aromatic N) is 1. The molecule has 34 heavy (non-hydrogen) atoms. The molecule has 0 bridgehead atoms. The van der Waals surface area contributed by atoms with Crippen LogP contribution in [0, 0.1) is 23.2 Å². The topological polar surface area (TPSA) is 88.1 Å². The lowest BCUT2D eigenvalue weighted by Crippen LogP contribution is -2.54. The third-order valence-corrected chi connectivity index (χ3v) is 7.67. The standard InChI is InChI=1S/C27H42N2O5/c1-4-33-26(32)28-19-27(16-9-6-10-17-27)24(25(31)34-20-12-7-5-8-13-20)21-14-11-15-23(30)22(21)18-29(2)3/h5,7-8,12-13,21-24,30H,4,6,9-11,14-19H2,1-3H3,(H,28,32). The van der Waals surface area contributed by atoms with E-state index in [1.807, 2.05) is 32.3 Å². The third kappa shape index (κ3) is 6.72. The van der Waals surface area contributed by atoms with Gasteiger partial charge in [-0.1, -0.05) is 43.9 Å². The summed E-state index contributed by atoms with van der Waals surface area (Å²) in [6.45, 7) is 3.17. The summed E-state index contributed by atoms with van der Waals surface area (Å²) in [7, 11) is 4.02. The summed E-state index contributed by atoms with van der Waals surface area (Å²) in [5, 5.41) is 14.0. The summed E-state index contributed by atoms with van der Waals surface area (Å²) in [5.41, 5.74) is -0.427. The average Bonchev–Trinajstić information content (AvgIpc) is 2.81. The second-order valence-electron chi connectivity index (χ2n) is 10.3. The summed E-state index contributed by atoms with van der Waals surface area (Å²) >= 11 is 0. The number of benzene rings is 1. The first-order valence-electron chi connectivity index (χ1n) is 12.9. The molecule has 2 saturated carbocycles. The molecule has 0 aromatic heterocycles. The number of hydrogen-bond donors (Lipinski definition) is 2. The van der Waals surface area contributed by atoms with Crippen molar-refractivity contribution < 1.29 is 24.2 Å². The van der Waals surface area contributed by atoms with Gasteiger partial charge in [0.15, 0.2) is 0 Å². The number of esters is 1. The van der Waals surface area contributed by atoms with Crippen molar-refractivity contribution in [1.29, 1.82) is 0 Å². The van der Waals surface area contributed by atoms with Crippen molar-refractivity contribution in [3.63, 3.8) is 0 Å². The summed E-state index contributed by atoms with van der Waals surface area (Å²) in [5.74, 6) is -0.193. The van der Waals surface area contributed by atoms with Gasteiger partial charge in [-0.3, -0.25) is 4.79 Å². The normalized spacial score (nSPS) is 25.4. The van der Waals surface area contributed by atoms with Crippen molar-refractivity contribution in [3.05, 3.63) is 30.3 Å². The highest BCUT2D eigenvalue weighted by molar-refractivity contribution is 5.77. The summed E-state index contributed by atoms with van der Waals surface area (Å²) in [4.78, 5) is 28.3. The molecule has 2 N–H and O–H groups in total. The molecule has 1 amide bonds. The molecule has 2 aliphatic rings. The van der Waals surface area contributed by atoms with Crippen LogP contribution in [0.5, 0.6) is 5.75 Å². The van der Waals surface area contributed by atoms with E-state index in [9.17, 15) is 14.7 Å². The Kier molecular flexibility index (Phi) is 9.77. The first-order chi connectivity index (χ1) is 16.4. The molecule has 3 rings (SSSR count). The zero-order chi connectivity index (χ0) is 24.6. The van der Waals surface area contributed by atoms with E-state index in [0.717, 1.165) is 51.4 Å². The van der Waals surface area contributed by atoms with Gasteiger partial charge in [-0.2, -0.15) is 0 Å². The number of rotatable bonds is 9. The molecule has 0 spiro atoms. The molecule has 2 fully saturated rings. The van der Waals surface area contributed by atoms with Crippen LogP contribution >= 0.6 is 0 Å².